The number of nitrogens with zero attached hydrogens (tertiary/aromatic N) is 11. The number of carboxylic acid groups (broad SMARTS) is 1. The second-order valence-electron chi connectivity index (χ2n) is 32.3. The zero-order chi connectivity index (χ0) is 97.2. The third-order valence-electron chi connectivity index (χ3n) is 23.7. The van der Waals surface area contributed by atoms with Crippen LogP contribution in [0.2, 0.25) is 0 Å². The van der Waals surface area contributed by atoms with Gasteiger partial charge in [0, 0.05) is 98.2 Å². The topological polar surface area (TPSA) is 239 Å². The first-order valence-corrected chi connectivity index (χ1v) is 46.7. The molecule has 0 saturated carbocycles. The van der Waals surface area contributed by atoms with Crippen LogP contribution in [0.15, 0.2) is 420 Å². The van der Waals surface area contributed by atoms with E-state index in [-0.39, 0.29) is 167 Å². The molecule has 0 spiro atoms. The monoisotopic (exact) mass is 2370 g/mol. The number of hydrogen-bond acceptors (Lipinski definition) is 13. The number of ether oxygens (including phenoxy) is 2. The molecule has 20 nitrogen and oxygen atoms in total. The maximum Gasteiger partial charge on any atom is 1.00 e. The molecule has 0 aliphatic rings. The van der Waals surface area contributed by atoms with Gasteiger partial charge in [0.05, 0.1) is 89.9 Å². The van der Waals surface area contributed by atoms with E-state index in [1.54, 1.807) is 26.4 Å². The number of imidazole rings is 4. The number of benzene rings is 16. The second kappa shape index (κ2) is 47.4. The first-order chi connectivity index (χ1) is 69.1. The molecule has 27 rings (SSSR count). The zero-order valence-corrected chi connectivity index (χ0v) is 96.7. The number of phenols is 1. The molecule has 692 valence electrons. The Morgan fingerprint density at radius 3 is 1.17 bits per heavy atom. The van der Waals surface area contributed by atoms with E-state index < -0.39 is 5.97 Å². The fourth-order valence-corrected chi connectivity index (χ4v) is 18.9. The number of aryl methyl sites for hydroxylation is 1. The number of methoxy groups -OCH3 is 1. The Balaban J connectivity index is 0.000000127. The average molecular weight is 2380 g/mol. The molecule has 0 radical (unpaired) electrons. The Bertz CT molecular complexity index is 9310. The number of aromatic amines is 1. The third-order valence-corrected chi connectivity index (χ3v) is 26.2. The Hall–Kier alpha value is -12.4. The van der Waals surface area contributed by atoms with Gasteiger partial charge in [-0.1, -0.05) is 210 Å². The molecule has 0 fully saturated rings. The van der Waals surface area contributed by atoms with Crippen LogP contribution in [0.25, 0.3) is 194 Å². The van der Waals surface area contributed by atoms with Gasteiger partial charge in [-0.05, 0) is 255 Å². The van der Waals surface area contributed by atoms with Crippen LogP contribution in [0, 0.1) is 14.1 Å². The summed E-state index contributed by atoms with van der Waals surface area (Å²) < 4.78 is 41.2. The minimum atomic E-state index is -0.833. The third kappa shape index (κ3) is 21.7. The van der Waals surface area contributed by atoms with E-state index in [1.807, 2.05) is 164 Å². The van der Waals surface area contributed by atoms with Crippen molar-refractivity contribution in [2.45, 2.75) is 13.8 Å². The second-order valence-corrected chi connectivity index (χ2v) is 34.9. The van der Waals surface area contributed by atoms with Gasteiger partial charge in [0.2, 0.25) is 0 Å². The van der Waals surface area contributed by atoms with Crippen LogP contribution in [0.5, 0.6) is 23.0 Å². The van der Waals surface area contributed by atoms with Crippen LogP contribution < -0.4 is 147 Å². The largest absolute Gasteiger partial charge is 1.00 e. The van der Waals surface area contributed by atoms with Crippen molar-refractivity contribution < 1.29 is 182 Å². The number of aliphatic carboxylic acids is 1. The van der Waals surface area contributed by atoms with Gasteiger partial charge in [-0.25, -0.2) is 35.2 Å². The number of carbonyl (C=O) groups excluding carboxylic acids is 1. The summed E-state index contributed by atoms with van der Waals surface area (Å²) in [6, 6.07) is 134. The molecule has 0 aliphatic carbocycles. The number of aromatic hydroxyl groups is 1. The van der Waals surface area contributed by atoms with E-state index in [4.69, 9.17) is 40.6 Å². The van der Waals surface area contributed by atoms with Crippen LogP contribution >= 0.6 is 64.8 Å². The zero-order valence-electron chi connectivity index (χ0n) is 78.7. The van der Waals surface area contributed by atoms with Crippen LogP contribution in [-0.2, 0) is 14.5 Å². The molecule has 11 aromatic heterocycles. The van der Waals surface area contributed by atoms with Gasteiger partial charge in [0.25, 0.3) is 7.40 Å². The molecule has 27 aromatic rings. The molecule has 0 atom stereocenters. The number of hydrogen-bond donors (Lipinski definition) is 4. The number of carboxylic acids is 1. The molecule has 27 heteroatoms. The van der Waals surface area contributed by atoms with Crippen molar-refractivity contribution in [3.05, 3.63) is 433 Å². The normalized spacial score (nSPS) is 10.9. The van der Waals surface area contributed by atoms with E-state index >= 15 is 0 Å². The van der Waals surface area contributed by atoms with Gasteiger partial charge in [-0.2, -0.15) is 7.18 Å². The van der Waals surface area contributed by atoms with Gasteiger partial charge < -0.3 is 33.9 Å². The predicted molar refractivity (Wildman–Crippen MR) is 584 cm³/mol. The minimum absolute atomic E-state index is 0. The summed E-state index contributed by atoms with van der Waals surface area (Å²) in [5.41, 5.74) is 21.5. The Kier molecular flexibility index (Phi) is 33.8. The number of aromatic nitrogens is 12. The molecule has 4 N–H and O–H groups in total. The SMILES string of the molecule is Br.Brc1ccc2c3ccccc3n(-c3ccccn3)c2c1.Brc1ccccc1Br.CC(=O)O.COc1ccc2c3ccccc3n3c4ccccc4nc3c2c1.Cc1cccc(-c2nc3ccccc3[nH]2)c1.Oc1ccc2c3ccccc3n3c4ccccc4nc3c2c1.[2H]OOC=O.[CH2-]F.[Cs+].[Cs+].c1ccc(-n2c3ccccc3c3ccc(Oc4ccc5c6ccccc6n6c7ccccc7nc6c5c4)cc32)nc1. The number of carbonyl (C=O) groups is 2. The summed E-state index contributed by atoms with van der Waals surface area (Å²) in [5, 5.41) is 35.4. The van der Waals surface area contributed by atoms with Crippen LogP contribution in [-0.4, -0.2) is 92.2 Å². The Morgan fingerprint density at radius 1 is 0.385 bits per heavy atom. The van der Waals surface area contributed by atoms with Crippen molar-refractivity contribution in [1.82, 2.24) is 57.2 Å². The number of pyridine rings is 5. The minimum Gasteiger partial charge on any atom is -0.508 e. The summed E-state index contributed by atoms with van der Waals surface area (Å²) in [6.07, 6.45) is 3.66. The Morgan fingerprint density at radius 2 is 0.748 bits per heavy atom. The van der Waals surface area contributed by atoms with Crippen LogP contribution in [0.4, 0.5) is 4.39 Å². The van der Waals surface area contributed by atoms with Gasteiger partial charge in [0.15, 0.2) is 0 Å². The number of para-hydroxylation sites is 13. The predicted octanol–water partition coefficient (Wildman–Crippen LogP) is 25.1. The average Bonchev–Trinajstić information content (AvgIpc) is 1.45. The maximum absolute atomic E-state index is 9.90. The Labute approximate surface area is 973 Å². The molecule has 0 aliphatic heterocycles. The molecular weight excluding hydrogens is 2290 g/mol. The molecule has 0 unspecified atom stereocenters. The van der Waals surface area contributed by atoms with E-state index in [0.717, 1.165) is 181 Å². The molecular formula is C116H84Br4Cs2FN12O8+. The smallest absolute Gasteiger partial charge is 0.508 e. The van der Waals surface area contributed by atoms with Crippen molar-refractivity contribution in [2.75, 3.05) is 7.11 Å². The number of H-pyrrole nitrogens is 1. The van der Waals surface area contributed by atoms with E-state index in [1.165, 1.54) is 54.4 Å². The molecule has 0 amide bonds. The molecule has 11 heterocycles. The molecule has 0 bridgehead atoms. The molecule has 0 saturated heterocycles. The number of phenolic OH excluding ortho intramolecular Hbond substituents is 1. The van der Waals surface area contributed by atoms with Crippen molar-refractivity contribution in [1.29, 1.82) is 1.43 Å². The van der Waals surface area contributed by atoms with Gasteiger partial charge in [-0.3, -0.25) is 31.9 Å². The van der Waals surface area contributed by atoms with E-state index in [2.05, 4.69) is 338 Å². The van der Waals surface area contributed by atoms with Gasteiger partial charge >= 0.3 is 144 Å². The summed E-state index contributed by atoms with van der Waals surface area (Å²) >= 11 is 10.3. The quantitative estimate of drug-likeness (QED) is 0.0364. The summed E-state index contributed by atoms with van der Waals surface area (Å²) in [7, 11) is 3.45. The van der Waals surface area contributed by atoms with Crippen LogP contribution in [0.3, 0.4) is 0 Å². The number of halogens is 5. The van der Waals surface area contributed by atoms with Crippen molar-refractivity contribution in [3.63, 3.8) is 0 Å². The van der Waals surface area contributed by atoms with Crippen molar-refractivity contribution in [3.8, 4) is 46.0 Å². The fourth-order valence-electron chi connectivity index (χ4n) is 18.0. The van der Waals surface area contributed by atoms with Crippen molar-refractivity contribution in [2.24, 2.45) is 0 Å². The van der Waals surface area contributed by atoms with Crippen LogP contribution in [0.1, 0.15) is 12.5 Å². The summed E-state index contributed by atoms with van der Waals surface area (Å²) in [4.78, 5) is 53.0. The molecule has 16 aromatic carbocycles. The van der Waals surface area contributed by atoms with E-state index in [0.29, 0.717) is 0 Å². The first-order valence-electron chi connectivity index (χ1n) is 44.8. The van der Waals surface area contributed by atoms with Gasteiger partial charge in [-0.15, -0.1) is 17.0 Å². The number of rotatable bonds is 8. The summed E-state index contributed by atoms with van der Waals surface area (Å²) in [6.45, 7) is 3.19. The standard InChI is InChI=1S/C36H22N4O.C20H14N2O.C19H12N2O.C17H11BrN2.C14H12N2.C6H4Br2.C2H4O2.CH2F.CH2O3.BrH.2Cs/c1-5-13-32-26(9-1)25-18-16-23(21-29(25)36-38-30-11-3-6-14-33(30)40(32)36)41-24-17-19-28-27-10-2-4-12-31(27)39(34(28)22-24)35-15-7-8-20-37-35;1-23-13-10-11-14-15-6-2-4-8-18(15)22-19-9-5-3-7-17(19)21-20(22)16(14)12-13;22-12-9-10-13-14-5-1-3-7-17(14)21-18-8-4-2-6-16(18)20-19(21)15(13)11-12;18-12-8-9-14-13-5-1-2-6-15(13)20(16(14)11-12)17-7-3-4-10-19-17;1-10-5-4-6-11(9-10)14-15-12-7-2-3-8-13(12)16-14;7-5-3-1-2-4-6(5)8;1-2(3)4;1-2;2-1-4-3;;;/h1-22H;2-12H,1H3;1-11,22H;1-11H;2-9H,1H3,(H,15,16);1-4H;1H3,(H,3,4);1H2;1,3H;1H;;/q;;;;;;;-1;;;2*+1/i/hD. The fraction of sp³-hybridized carbons (Fsp3) is 0.0259. The van der Waals surface area contributed by atoms with Gasteiger partial charge in [0.1, 0.15) is 57.4 Å². The molecule has 143 heavy (non-hydrogen) atoms. The number of fused-ring (bicyclic) bond motifs is 31. The summed E-state index contributed by atoms with van der Waals surface area (Å²) in [5.74, 6) is 4.56. The number of nitrogens with one attached hydrogen (secondary N) is 1. The first kappa shape index (κ1) is 102. The van der Waals surface area contributed by atoms with Crippen molar-refractivity contribution >= 4 is 247 Å². The van der Waals surface area contributed by atoms with E-state index in [9.17, 15) is 9.50 Å². The maximum atomic E-state index is 9.90.